The first-order valence-electron chi connectivity index (χ1n) is 9.69. The van der Waals surface area contributed by atoms with Crippen LogP contribution in [0.5, 0.6) is 0 Å². The number of aromatic nitrogens is 1. The second kappa shape index (κ2) is 9.55. The van der Waals surface area contributed by atoms with Gasteiger partial charge in [-0.1, -0.05) is 25.1 Å². The number of ether oxygens (including phenoxy) is 1. The van der Waals surface area contributed by atoms with Crippen LogP contribution in [0.15, 0.2) is 41.4 Å². The van der Waals surface area contributed by atoms with E-state index in [2.05, 4.69) is 11.1 Å². The summed E-state index contributed by atoms with van der Waals surface area (Å²) < 4.78 is 4.94. The Kier molecular flexibility index (Phi) is 6.85. The van der Waals surface area contributed by atoms with Crippen LogP contribution in [-0.4, -0.2) is 34.6 Å². The van der Waals surface area contributed by atoms with Crippen molar-refractivity contribution >= 4 is 35.2 Å². The Balaban J connectivity index is 1.79. The lowest BCUT2D eigenvalue weighted by Crippen LogP contribution is -2.31. The van der Waals surface area contributed by atoms with Crippen LogP contribution in [0.1, 0.15) is 48.3 Å². The molecule has 1 fully saturated rings. The summed E-state index contributed by atoms with van der Waals surface area (Å²) in [7, 11) is 0. The normalized spacial score (nSPS) is 15.9. The summed E-state index contributed by atoms with van der Waals surface area (Å²) in [5, 5.41) is 9.18. The minimum Gasteiger partial charge on any atom is -0.462 e. The van der Waals surface area contributed by atoms with Crippen molar-refractivity contribution in [3.05, 3.63) is 53.2 Å². The third-order valence-corrected chi connectivity index (χ3v) is 5.73. The molecule has 1 unspecified atom stereocenters. The quantitative estimate of drug-likeness (QED) is 0.496. The van der Waals surface area contributed by atoms with E-state index in [0.717, 1.165) is 35.2 Å². The molecule has 0 spiro atoms. The number of hydrogen-bond acceptors (Lipinski definition) is 7. The Bertz CT molecular complexity index is 1010. The number of esters is 1. The van der Waals surface area contributed by atoms with Crippen molar-refractivity contribution < 1.29 is 19.1 Å². The van der Waals surface area contributed by atoms with Gasteiger partial charge in [0.15, 0.2) is 0 Å². The minimum absolute atomic E-state index is 0.0215. The van der Waals surface area contributed by atoms with Gasteiger partial charge in [-0.25, -0.2) is 14.7 Å². The molecular weight excluding hydrogens is 402 g/mol. The van der Waals surface area contributed by atoms with Crippen molar-refractivity contribution in [2.75, 3.05) is 11.5 Å². The maximum absolute atomic E-state index is 12.9. The average molecular weight is 423 g/mol. The van der Waals surface area contributed by atoms with E-state index in [1.54, 1.807) is 25.1 Å². The molecular formula is C22H21N3O4S. The summed E-state index contributed by atoms with van der Waals surface area (Å²) in [6.07, 6.45) is 1.71. The number of aryl methyl sites for hydroxylation is 1. The van der Waals surface area contributed by atoms with Crippen molar-refractivity contribution in [3.63, 3.8) is 0 Å². The molecule has 0 bridgehead atoms. The highest BCUT2D eigenvalue weighted by Gasteiger charge is 2.40. The van der Waals surface area contributed by atoms with Gasteiger partial charge < -0.3 is 4.74 Å². The van der Waals surface area contributed by atoms with Gasteiger partial charge >= 0.3 is 5.97 Å². The van der Waals surface area contributed by atoms with Crippen molar-refractivity contribution in [3.8, 4) is 6.07 Å². The molecule has 0 N–H and O–H groups in total. The summed E-state index contributed by atoms with van der Waals surface area (Å²) in [6, 6.07) is 11.8. The highest BCUT2D eigenvalue weighted by atomic mass is 32.2. The molecule has 30 heavy (non-hydrogen) atoms. The van der Waals surface area contributed by atoms with Crippen LogP contribution in [0.4, 0.5) is 5.69 Å². The molecule has 0 radical (unpaired) electrons. The number of rotatable bonds is 7. The molecule has 1 saturated heterocycles. The van der Waals surface area contributed by atoms with Gasteiger partial charge in [-0.15, -0.1) is 0 Å². The Morgan fingerprint density at radius 1 is 1.23 bits per heavy atom. The van der Waals surface area contributed by atoms with Gasteiger partial charge in [0.1, 0.15) is 11.1 Å². The number of nitriles is 1. The number of benzene rings is 1. The lowest BCUT2D eigenvalue weighted by Gasteiger charge is -2.15. The number of hydrogen-bond donors (Lipinski definition) is 0. The number of anilines is 1. The first kappa shape index (κ1) is 21.5. The summed E-state index contributed by atoms with van der Waals surface area (Å²) in [4.78, 5) is 42.9. The van der Waals surface area contributed by atoms with Gasteiger partial charge in [-0.05, 0) is 49.7 Å². The molecule has 1 aliphatic heterocycles. The monoisotopic (exact) mass is 423 g/mol. The highest BCUT2D eigenvalue weighted by molar-refractivity contribution is 8.00. The van der Waals surface area contributed by atoms with Crippen LogP contribution in [0, 0.1) is 11.3 Å². The predicted molar refractivity (Wildman–Crippen MR) is 112 cm³/mol. The number of thioether (sulfide) groups is 1. The Morgan fingerprint density at radius 2 is 1.97 bits per heavy atom. The largest absolute Gasteiger partial charge is 0.462 e. The molecule has 3 rings (SSSR count). The van der Waals surface area contributed by atoms with Crippen molar-refractivity contribution in [1.82, 2.24) is 4.98 Å². The van der Waals surface area contributed by atoms with E-state index in [-0.39, 0.29) is 24.8 Å². The number of carbonyl (C=O) groups is 3. The van der Waals surface area contributed by atoms with E-state index < -0.39 is 11.2 Å². The van der Waals surface area contributed by atoms with E-state index in [1.165, 1.54) is 12.1 Å². The average Bonchev–Trinajstić information content (AvgIpc) is 3.02. The fourth-order valence-electron chi connectivity index (χ4n) is 3.11. The van der Waals surface area contributed by atoms with E-state index in [1.807, 2.05) is 13.0 Å². The fraction of sp³-hybridized carbons (Fsp3) is 0.318. The molecule has 1 aromatic heterocycles. The third kappa shape index (κ3) is 4.52. The van der Waals surface area contributed by atoms with Crippen LogP contribution in [0.2, 0.25) is 0 Å². The zero-order valence-corrected chi connectivity index (χ0v) is 17.6. The molecule has 2 heterocycles. The zero-order chi connectivity index (χ0) is 21.7. The van der Waals surface area contributed by atoms with Gasteiger partial charge in [-0.3, -0.25) is 9.59 Å². The lowest BCUT2D eigenvalue weighted by atomic mass is 10.2. The van der Waals surface area contributed by atoms with Crippen molar-refractivity contribution in [1.29, 1.82) is 5.26 Å². The van der Waals surface area contributed by atoms with E-state index in [9.17, 15) is 19.6 Å². The number of nitrogens with zero attached hydrogens (tertiary/aromatic N) is 3. The molecule has 7 nitrogen and oxygen atoms in total. The van der Waals surface area contributed by atoms with Gasteiger partial charge in [-0.2, -0.15) is 5.26 Å². The topological polar surface area (TPSA) is 100 Å². The van der Waals surface area contributed by atoms with Crippen LogP contribution in [-0.2, 0) is 20.7 Å². The van der Waals surface area contributed by atoms with E-state index in [4.69, 9.17) is 4.74 Å². The second-order valence-corrected chi connectivity index (χ2v) is 7.85. The van der Waals surface area contributed by atoms with Crippen LogP contribution >= 0.6 is 11.8 Å². The lowest BCUT2D eigenvalue weighted by molar-refractivity contribution is -0.121. The summed E-state index contributed by atoms with van der Waals surface area (Å²) in [6.45, 7) is 4.02. The summed E-state index contributed by atoms with van der Waals surface area (Å²) in [5.41, 5.74) is 1.98. The number of imide groups is 1. The second-order valence-electron chi connectivity index (χ2n) is 6.66. The first-order valence-corrected chi connectivity index (χ1v) is 10.6. The molecule has 8 heteroatoms. The number of amides is 2. The fourth-order valence-corrected chi connectivity index (χ4v) is 4.22. The summed E-state index contributed by atoms with van der Waals surface area (Å²) in [5.74, 6) is -1.15. The Morgan fingerprint density at radius 3 is 2.60 bits per heavy atom. The standard InChI is InChI=1S/C22H21N3O4S/c1-3-5-16-9-6-15(13-23)20(24-16)30-18-12-19(26)25(21(18)27)17-10-7-14(8-11-17)22(28)29-4-2/h6-11,18H,3-5,12H2,1-2H3. The molecule has 2 aromatic rings. The van der Waals surface area contributed by atoms with Crippen LogP contribution in [0.3, 0.4) is 0 Å². The SMILES string of the molecule is CCCc1ccc(C#N)c(SC2CC(=O)N(c3ccc(C(=O)OCC)cc3)C2=O)n1. The van der Waals surface area contributed by atoms with E-state index in [0.29, 0.717) is 21.8 Å². The van der Waals surface area contributed by atoms with Gasteiger partial charge in [0, 0.05) is 12.1 Å². The number of pyridine rings is 1. The highest BCUT2D eigenvalue weighted by Crippen LogP contribution is 2.34. The molecule has 1 aliphatic rings. The van der Waals surface area contributed by atoms with E-state index >= 15 is 0 Å². The van der Waals surface area contributed by atoms with Gasteiger partial charge in [0.2, 0.25) is 11.8 Å². The Hall–Kier alpha value is -3.18. The molecule has 0 saturated carbocycles. The predicted octanol–water partition coefficient (Wildman–Crippen LogP) is 3.51. The Labute approximate surface area is 179 Å². The summed E-state index contributed by atoms with van der Waals surface area (Å²) >= 11 is 1.15. The maximum atomic E-state index is 12.9. The molecule has 0 aliphatic carbocycles. The molecule has 2 amide bonds. The third-order valence-electron chi connectivity index (χ3n) is 4.54. The zero-order valence-electron chi connectivity index (χ0n) is 16.8. The van der Waals surface area contributed by atoms with Crippen molar-refractivity contribution in [2.24, 2.45) is 0 Å². The molecule has 1 atom stereocenters. The minimum atomic E-state index is -0.654. The first-order chi connectivity index (χ1) is 14.5. The number of carbonyl (C=O) groups excluding carboxylic acids is 3. The van der Waals surface area contributed by atoms with Crippen molar-refractivity contribution in [2.45, 2.75) is 43.4 Å². The molecule has 154 valence electrons. The van der Waals surface area contributed by atoms with Crippen LogP contribution in [0.25, 0.3) is 0 Å². The van der Waals surface area contributed by atoms with Gasteiger partial charge in [0.05, 0.1) is 28.7 Å². The van der Waals surface area contributed by atoms with Gasteiger partial charge in [0.25, 0.3) is 0 Å². The maximum Gasteiger partial charge on any atom is 0.338 e. The van der Waals surface area contributed by atoms with Crippen LogP contribution < -0.4 is 4.90 Å². The smallest absolute Gasteiger partial charge is 0.338 e. The molecule has 1 aromatic carbocycles.